The van der Waals surface area contributed by atoms with E-state index in [9.17, 15) is 28.5 Å². The molecule has 0 radical (unpaired) electrons. The highest BCUT2D eigenvalue weighted by Crippen LogP contribution is 2.29. The third-order valence-electron chi connectivity index (χ3n) is 3.82. The van der Waals surface area contributed by atoms with Crippen LogP contribution in [0.25, 0.3) is 6.08 Å². The number of anilines is 1. The average molecular weight is 436 g/mol. The zero-order chi connectivity index (χ0) is 23.0. The minimum Gasteiger partial charge on any atom is -0.493 e. The second kappa shape index (κ2) is 10.7. The zero-order valence-electron chi connectivity index (χ0n) is 16.4. The van der Waals surface area contributed by atoms with Crippen LogP contribution in [-0.2, 0) is 14.3 Å². The number of rotatable bonds is 9. The predicted octanol–water partition coefficient (Wildman–Crippen LogP) is 3.79. The van der Waals surface area contributed by atoms with E-state index in [1.807, 2.05) is 0 Å². The van der Waals surface area contributed by atoms with Crippen molar-refractivity contribution in [3.63, 3.8) is 0 Å². The first-order valence-electron chi connectivity index (χ1n) is 8.76. The van der Waals surface area contributed by atoms with Crippen LogP contribution in [0.3, 0.4) is 0 Å². The normalized spacial score (nSPS) is 11.8. The summed E-state index contributed by atoms with van der Waals surface area (Å²) in [5.41, 5.74) is 0.610. The largest absolute Gasteiger partial charge is 0.493 e. The van der Waals surface area contributed by atoms with Gasteiger partial charge in [-0.3, -0.25) is 14.9 Å². The molecule has 2 aromatic rings. The topological polar surface area (TPSA) is 117 Å². The molecule has 0 aliphatic rings. The van der Waals surface area contributed by atoms with Crippen molar-refractivity contribution in [2.45, 2.75) is 19.6 Å². The molecule has 1 atom stereocenters. The molecule has 0 spiro atoms. The lowest BCUT2D eigenvalue weighted by atomic mass is 10.2. The van der Waals surface area contributed by atoms with Gasteiger partial charge >= 0.3 is 12.6 Å². The number of methoxy groups -OCH3 is 1. The number of nitrogens with one attached hydrogen (secondary N) is 1. The molecule has 2 aromatic carbocycles. The zero-order valence-corrected chi connectivity index (χ0v) is 16.4. The lowest BCUT2D eigenvalue weighted by Crippen LogP contribution is -2.29. The number of amides is 1. The van der Waals surface area contributed by atoms with Gasteiger partial charge in [0.15, 0.2) is 17.6 Å². The fourth-order valence-corrected chi connectivity index (χ4v) is 2.32. The predicted molar refractivity (Wildman–Crippen MR) is 106 cm³/mol. The number of halogens is 2. The molecule has 2 rings (SSSR count). The number of carbonyl (C=O) groups is 2. The van der Waals surface area contributed by atoms with E-state index in [0.29, 0.717) is 11.3 Å². The van der Waals surface area contributed by atoms with Gasteiger partial charge in [-0.05, 0) is 42.8 Å². The van der Waals surface area contributed by atoms with E-state index < -0.39 is 29.5 Å². The minimum absolute atomic E-state index is 0.0478. The molecule has 0 heterocycles. The third-order valence-corrected chi connectivity index (χ3v) is 3.82. The number of carbonyl (C=O) groups excluding carboxylic acids is 2. The first kappa shape index (κ1) is 23.3. The second-order valence-electron chi connectivity index (χ2n) is 5.99. The molecule has 0 fully saturated rings. The lowest BCUT2D eigenvalue weighted by molar-refractivity contribution is -0.384. The number of nitrogens with zero attached hydrogens (tertiary/aromatic N) is 1. The quantitative estimate of drug-likeness (QED) is 0.275. The molecule has 31 heavy (non-hydrogen) atoms. The van der Waals surface area contributed by atoms with E-state index >= 15 is 0 Å². The SMILES string of the molecule is COc1cc(/C=C/C(=O)OC(C)C(=O)Nc2ccc([N+](=O)[O-])cc2)ccc1OC(F)F. The highest BCUT2D eigenvalue weighted by atomic mass is 19.3. The Morgan fingerprint density at radius 1 is 1.13 bits per heavy atom. The Kier molecular flexibility index (Phi) is 8.01. The van der Waals surface area contributed by atoms with Crippen LogP contribution in [0.2, 0.25) is 0 Å². The Bertz CT molecular complexity index is 978. The summed E-state index contributed by atoms with van der Waals surface area (Å²) in [5.74, 6) is -1.57. The second-order valence-corrected chi connectivity index (χ2v) is 5.99. The lowest BCUT2D eigenvalue weighted by Gasteiger charge is -2.12. The summed E-state index contributed by atoms with van der Waals surface area (Å²) >= 11 is 0. The van der Waals surface area contributed by atoms with Crippen LogP contribution in [0, 0.1) is 10.1 Å². The van der Waals surface area contributed by atoms with Gasteiger partial charge in [0.1, 0.15) is 0 Å². The van der Waals surface area contributed by atoms with Gasteiger partial charge < -0.3 is 19.5 Å². The Morgan fingerprint density at radius 3 is 2.39 bits per heavy atom. The first-order chi connectivity index (χ1) is 14.7. The van der Waals surface area contributed by atoms with Gasteiger partial charge in [0.25, 0.3) is 11.6 Å². The molecule has 0 saturated carbocycles. The summed E-state index contributed by atoms with van der Waals surface area (Å²) in [5, 5.41) is 13.1. The van der Waals surface area contributed by atoms with Gasteiger partial charge in [-0.15, -0.1) is 0 Å². The molecule has 1 amide bonds. The van der Waals surface area contributed by atoms with Gasteiger partial charge in [0.2, 0.25) is 0 Å². The summed E-state index contributed by atoms with van der Waals surface area (Å²) in [6, 6.07) is 9.21. The van der Waals surface area contributed by atoms with Crippen LogP contribution >= 0.6 is 0 Å². The smallest absolute Gasteiger partial charge is 0.387 e. The molecule has 0 aliphatic carbocycles. The standard InChI is InChI=1S/C20H18F2N2O7/c1-12(19(26)23-14-5-7-15(8-6-14)24(27)28)30-18(25)10-4-13-3-9-16(31-20(21)22)17(11-13)29-2/h3-12,20H,1-2H3,(H,23,26)/b10-4+. The maximum Gasteiger partial charge on any atom is 0.387 e. The molecule has 0 bridgehead atoms. The molecule has 164 valence electrons. The minimum atomic E-state index is -3.01. The molecule has 9 nitrogen and oxygen atoms in total. The number of benzene rings is 2. The molecule has 11 heteroatoms. The van der Waals surface area contributed by atoms with E-state index in [4.69, 9.17) is 9.47 Å². The van der Waals surface area contributed by atoms with Crippen LogP contribution in [0.15, 0.2) is 48.5 Å². The van der Waals surface area contributed by atoms with Crippen molar-refractivity contribution in [2.75, 3.05) is 12.4 Å². The van der Waals surface area contributed by atoms with Crippen LogP contribution in [0.5, 0.6) is 11.5 Å². The first-order valence-corrected chi connectivity index (χ1v) is 8.76. The molecular weight excluding hydrogens is 418 g/mol. The van der Waals surface area contributed by atoms with Crippen molar-refractivity contribution in [3.8, 4) is 11.5 Å². The highest BCUT2D eigenvalue weighted by Gasteiger charge is 2.17. The van der Waals surface area contributed by atoms with Gasteiger partial charge in [0, 0.05) is 23.9 Å². The number of ether oxygens (including phenoxy) is 3. The van der Waals surface area contributed by atoms with E-state index in [-0.39, 0.29) is 17.2 Å². The third kappa shape index (κ3) is 7.07. The molecule has 0 aliphatic heterocycles. The van der Waals surface area contributed by atoms with Gasteiger partial charge in [0.05, 0.1) is 12.0 Å². The van der Waals surface area contributed by atoms with E-state index in [1.165, 1.54) is 62.6 Å². The molecule has 1 unspecified atom stereocenters. The molecular formula is C20H18F2N2O7. The van der Waals surface area contributed by atoms with Crippen molar-refractivity contribution in [1.29, 1.82) is 0 Å². The van der Waals surface area contributed by atoms with Crippen molar-refractivity contribution in [3.05, 3.63) is 64.2 Å². The number of hydrogen-bond donors (Lipinski definition) is 1. The van der Waals surface area contributed by atoms with E-state index in [0.717, 1.165) is 6.08 Å². The number of alkyl halides is 2. The fraction of sp³-hybridized carbons (Fsp3) is 0.200. The molecule has 1 N–H and O–H groups in total. The van der Waals surface area contributed by atoms with Gasteiger partial charge in [-0.2, -0.15) is 8.78 Å². The molecule has 0 aromatic heterocycles. The Labute approximate surface area is 175 Å². The summed E-state index contributed by atoms with van der Waals surface area (Å²) in [7, 11) is 1.28. The van der Waals surface area contributed by atoms with E-state index in [2.05, 4.69) is 10.1 Å². The number of nitro groups is 1. The maximum absolute atomic E-state index is 12.4. The van der Waals surface area contributed by atoms with Gasteiger partial charge in [-0.25, -0.2) is 4.79 Å². The Balaban J connectivity index is 1.94. The summed E-state index contributed by atoms with van der Waals surface area (Å²) < 4.78 is 39.0. The Hall–Kier alpha value is -4.02. The van der Waals surface area contributed by atoms with Crippen LogP contribution in [-0.4, -0.2) is 36.6 Å². The van der Waals surface area contributed by atoms with Gasteiger partial charge in [-0.1, -0.05) is 6.07 Å². The fourth-order valence-electron chi connectivity index (χ4n) is 2.32. The van der Waals surface area contributed by atoms with Crippen molar-refractivity contribution >= 4 is 29.3 Å². The number of hydrogen-bond acceptors (Lipinski definition) is 7. The number of nitro benzene ring substituents is 1. The average Bonchev–Trinajstić information content (AvgIpc) is 2.72. The van der Waals surface area contributed by atoms with Crippen molar-refractivity contribution in [1.82, 2.24) is 0 Å². The number of non-ortho nitro benzene ring substituents is 1. The van der Waals surface area contributed by atoms with Crippen LogP contribution < -0.4 is 14.8 Å². The summed E-state index contributed by atoms with van der Waals surface area (Å²) in [4.78, 5) is 34.1. The van der Waals surface area contributed by atoms with Crippen molar-refractivity contribution in [2.24, 2.45) is 0 Å². The maximum atomic E-state index is 12.4. The monoisotopic (exact) mass is 436 g/mol. The van der Waals surface area contributed by atoms with E-state index in [1.54, 1.807) is 0 Å². The molecule has 0 saturated heterocycles. The van der Waals surface area contributed by atoms with Crippen LogP contribution in [0.1, 0.15) is 12.5 Å². The summed E-state index contributed by atoms with van der Waals surface area (Å²) in [6.07, 6.45) is 1.25. The van der Waals surface area contributed by atoms with Crippen LogP contribution in [0.4, 0.5) is 20.2 Å². The summed E-state index contributed by atoms with van der Waals surface area (Å²) in [6.45, 7) is -1.66. The Morgan fingerprint density at radius 2 is 1.81 bits per heavy atom. The highest BCUT2D eigenvalue weighted by molar-refractivity contribution is 5.96. The van der Waals surface area contributed by atoms with Crippen molar-refractivity contribution < 1.29 is 37.5 Å². The number of esters is 1.